The number of aryl methyl sites for hydroxylation is 2. The minimum absolute atomic E-state index is 0.0964. The predicted octanol–water partition coefficient (Wildman–Crippen LogP) is 2.49. The van der Waals surface area contributed by atoms with E-state index in [0.29, 0.717) is 90.0 Å². The Morgan fingerprint density at radius 2 is 1.52 bits per heavy atom. The minimum atomic E-state index is -0.665. The van der Waals surface area contributed by atoms with Crippen molar-refractivity contribution in [1.82, 2.24) is 39.2 Å². The van der Waals surface area contributed by atoms with Crippen LogP contribution in [0.5, 0.6) is 11.5 Å². The van der Waals surface area contributed by atoms with Crippen LogP contribution in [-0.2, 0) is 29.2 Å². The lowest BCUT2D eigenvalue weighted by Gasteiger charge is -2.26. The van der Waals surface area contributed by atoms with Gasteiger partial charge in [0.05, 0.1) is 43.7 Å². The van der Waals surface area contributed by atoms with E-state index in [1.54, 1.807) is 52.8 Å². The molecule has 1 aliphatic heterocycles. The standard InChI is InChI=1S/C42H54N14O7/c1-6-46-31(19-25(3)43)39(59)49-41-48-30-22-28(38(58)51-45)24-33(61-5)35(30)54(41)12-8-9-13-55-36-29(47-42(55)50-40(60)32-20-26(4)52-56(32)7-2)21-27(37(44)57)23-34(36)63-16-10-11-53-14-17-62-18-15-53/h8-9,19-24H,6-7,10-18,43,45H2,1-5H3,(H2,44,57)(H,51,58)(H,47,50,60)(H,48,49,59)/b9-8+,25-19-,46-31?. The van der Waals surface area contributed by atoms with Gasteiger partial charge in [-0.05, 0) is 70.5 Å². The van der Waals surface area contributed by atoms with Crippen LogP contribution in [0.4, 0.5) is 11.9 Å². The molecule has 2 aromatic carbocycles. The molecule has 4 heterocycles. The number of nitrogens with two attached hydrogens (primary N) is 3. The highest BCUT2D eigenvalue weighted by Crippen LogP contribution is 2.33. The van der Waals surface area contributed by atoms with E-state index in [2.05, 4.69) is 36.0 Å². The number of hydrogen-bond acceptors (Lipinski definition) is 14. The fourth-order valence-electron chi connectivity index (χ4n) is 7.15. The van der Waals surface area contributed by atoms with Gasteiger partial charge in [0.2, 0.25) is 17.8 Å². The summed E-state index contributed by atoms with van der Waals surface area (Å²) in [5, 5.41) is 10.2. The molecule has 0 unspecified atom stereocenters. The van der Waals surface area contributed by atoms with Gasteiger partial charge in [0.1, 0.15) is 33.9 Å². The normalized spacial score (nSPS) is 13.8. The Kier molecular flexibility index (Phi) is 14.9. The van der Waals surface area contributed by atoms with Crippen molar-refractivity contribution in [3.8, 4) is 11.5 Å². The van der Waals surface area contributed by atoms with Gasteiger partial charge < -0.3 is 34.8 Å². The summed E-state index contributed by atoms with van der Waals surface area (Å²) >= 11 is 0. The highest BCUT2D eigenvalue weighted by Gasteiger charge is 2.24. The molecule has 4 amide bonds. The molecule has 1 aliphatic rings. The summed E-state index contributed by atoms with van der Waals surface area (Å²) in [6.45, 7) is 12.4. The summed E-state index contributed by atoms with van der Waals surface area (Å²) in [4.78, 5) is 68.6. The molecule has 6 rings (SSSR count). The lowest BCUT2D eigenvalue weighted by Crippen LogP contribution is -2.37. The monoisotopic (exact) mass is 866 g/mol. The molecule has 1 saturated heterocycles. The second-order valence-electron chi connectivity index (χ2n) is 14.6. The first kappa shape index (κ1) is 45.4. The molecule has 21 heteroatoms. The number of hydrogen-bond donors (Lipinski definition) is 6. The smallest absolute Gasteiger partial charge is 0.276 e. The summed E-state index contributed by atoms with van der Waals surface area (Å²) in [6, 6.07) is 7.88. The van der Waals surface area contributed by atoms with Crippen molar-refractivity contribution in [3.63, 3.8) is 0 Å². The topological polar surface area (TPSA) is 279 Å². The van der Waals surface area contributed by atoms with Crippen molar-refractivity contribution in [2.45, 2.75) is 53.8 Å². The lowest BCUT2D eigenvalue weighted by molar-refractivity contribution is -0.110. The van der Waals surface area contributed by atoms with E-state index in [9.17, 15) is 19.2 Å². The molecule has 0 aliphatic carbocycles. The predicted molar refractivity (Wildman–Crippen MR) is 238 cm³/mol. The molecule has 3 aromatic heterocycles. The molecule has 63 heavy (non-hydrogen) atoms. The fourth-order valence-corrected chi connectivity index (χ4v) is 7.15. The first-order valence-electron chi connectivity index (χ1n) is 20.5. The Morgan fingerprint density at radius 1 is 0.889 bits per heavy atom. The highest BCUT2D eigenvalue weighted by atomic mass is 16.5. The number of nitrogens with zero attached hydrogens (tertiary/aromatic N) is 8. The average molecular weight is 867 g/mol. The van der Waals surface area contributed by atoms with Crippen molar-refractivity contribution >= 4 is 63.3 Å². The number of primary amides is 1. The van der Waals surface area contributed by atoms with E-state index in [4.69, 9.17) is 36.5 Å². The zero-order valence-electron chi connectivity index (χ0n) is 36.1. The first-order chi connectivity index (χ1) is 30.3. The van der Waals surface area contributed by atoms with Gasteiger partial charge in [-0.15, -0.1) is 0 Å². The molecular weight excluding hydrogens is 813 g/mol. The van der Waals surface area contributed by atoms with Gasteiger partial charge in [-0.25, -0.2) is 15.8 Å². The number of anilines is 2. The third-order valence-corrected chi connectivity index (χ3v) is 10.0. The molecule has 0 radical (unpaired) electrons. The molecule has 0 saturated carbocycles. The molecule has 334 valence electrons. The van der Waals surface area contributed by atoms with Crippen LogP contribution in [0.15, 0.2) is 59.2 Å². The van der Waals surface area contributed by atoms with E-state index >= 15 is 0 Å². The number of methoxy groups -OCH3 is 1. The Morgan fingerprint density at radius 3 is 2.13 bits per heavy atom. The second kappa shape index (κ2) is 20.6. The largest absolute Gasteiger partial charge is 0.494 e. The molecule has 0 bridgehead atoms. The molecule has 9 N–H and O–H groups in total. The second-order valence-corrected chi connectivity index (χ2v) is 14.6. The summed E-state index contributed by atoms with van der Waals surface area (Å²) in [5.74, 6) is 4.18. The van der Waals surface area contributed by atoms with Crippen molar-refractivity contribution < 1.29 is 33.4 Å². The van der Waals surface area contributed by atoms with Crippen molar-refractivity contribution in [2.75, 3.05) is 63.7 Å². The Bertz CT molecular complexity index is 2590. The number of carbonyl (C=O) groups is 4. The Balaban J connectivity index is 1.39. The maximum absolute atomic E-state index is 13.8. The van der Waals surface area contributed by atoms with E-state index < -0.39 is 23.6 Å². The third kappa shape index (κ3) is 10.7. The van der Waals surface area contributed by atoms with Gasteiger partial charge in [0.15, 0.2) is 0 Å². The number of ether oxygens (including phenoxy) is 3. The minimum Gasteiger partial charge on any atom is -0.494 e. The lowest BCUT2D eigenvalue weighted by atomic mass is 10.1. The molecule has 1 fully saturated rings. The molecule has 0 atom stereocenters. The molecule has 5 aromatic rings. The van der Waals surface area contributed by atoms with Gasteiger partial charge in [0, 0.05) is 62.6 Å². The number of fused-ring (bicyclic) bond motifs is 2. The first-order valence-corrected chi connectivity index (χ1v) is 20.5. The van der Waals surface area contributed by atoms with Gasteiger partial charge >= 0.3 is 0 Å². The van der Waals surface area contributed by atoms with Crippen molar-refractivity contribution in [1.29, 1.82) is 0 Å². The summed E-state index contributed by atoms with van der Waals surface area (Å²) in [5.41, 5.74) is 17.4. The van der Waals surface area contributed by atoms with E-state index in [-0.39, 0.29) is 41.8 Å². The maximum Gasteiger partial charge on any atom is 0.276 e. The van der Waals surface area contributed by atoms with Crippen LogP contribution in [-0.4, -0.2) is 116 Å². The number of imidazole rings is 2. The maximum atomic E-state index is 13.8. The number of carbonyl (C=O) groups excluding carboxylic acids is 4. The number of morpholine rings is 1. The van der Waals surface area contributed by atoms with Crippen LogP contribution in [0.25, 0.3) is 22.1 Å². The average Bonchev–Trinajstić information content (AvgIpc) is 3.94. The van der Waals surface area contributed by atoms with E-state index in [1.807, 2.05) is 19.1 Å². The quantitative estimate of drug-likeness (QED) is 0.0174. The fraction of sp³-hybridized carbons (Fsp3) is 0.381. The number of aliphatic imine (C=N–C) groups is 1. The molecule has 0 spiro atoms. The number of rotatable bonds is 19. The van der Waals surface area contributed by atoms with Gasteiger partial charge in [-0.2, -0.15) is 5.10 Å². The number of aromatic nitrogens is 6. The summed E-state index contributed by atoms with van der Waals surface area (Å²) < 4.78 is 22.6. The van der Waals surface area contributed by atoms with E-state index in [1.165, 1.54) is 25.3 Å². The molecule has 21 nitrogen and oxygen atoms in total. The number of benzene rings is 2. The van der Waals surface area contributed by atoms with Crippen LogP contribution in [0.3, 0.4) is 0 Å². The molecular formula is C42H54N14O7. The van der Waals surface area contributed by atoms with Crippen molar-refractivity contribution in [3.05, 3.63) is 76.8 Å². The van der Waals surface area contributed by atoms with Crippen LogP contribution in [0, 0.1) is 6.92 Å². The van der Waals surface area contributed by atoms with E-state index in [0.717, 1.165) is 19.6 Å². The number of nitrogens with one attached hydrogen (secondary N) is 3. The summed E-state index contributed by atoms with van der Waals surface area (Å²) in [7, 11) is 1.45. The van der Waals surface area contributed by atoms with Gasteiger partial charge in [-0.1, -0.05) is 12.2 Å². The number of amides is 4. The van der Waals surface area contributed by atoms with Crippen LogP contribution in [0.2, 0.25) is 0 Å². The van der Waals surface area contributed by atoms with Gasteiger partial charge in [0.25, 0.3) is 17.7 Å². The van der Waals surface area contributed by atoms with Crippen molar-refractivity contribution in [2.24, 2.45) is 22.3 Å². The third-order valence-electron chi connectivity index (χ3n) is 10.0. The number of nitrogen functional groups attached to an aromatic ring is 1. The number of hydrazine groups is 1. The Hall–Kier alpha value is -7.10. The highest BCUT2D eigenvalue weighted by molar-refractivity contribution is 6.47. The number of allylic oxidation sites excluding steroid dienone is 3. The van der Waals surface area contributed by atoms with Crippen LogP contribution < -0.4 is 42.8 Å². The van der Waals surface area contributed by atoms with Gasteiger partial charge in [-0.3, -0.25) is 49.8 Å². The summed E-state index contributed by atoms with van der Waals surface area (Å²) in [6.07, 6.45) is 5.84. The zero-order valence-corrected chi connectivity index (χ0v) is 36.1. The Labute approximate surface area is 363 Å². The zero-order chi connectivity index (χ0) is 45.2. The van der Waals surface area contributed by atoms with Crippen LogP contribution in [0.1, 0.15) is 64.1 Å². The SMILES string of the molecule is CCN=C(/C=C(/C)N)C(=O)Nc1nc2cc(C(=O)NN)cc(OC)c2n1C/C=C/Cn1c(NC(=O)c2cc(C)nn2CC)nc2cc(C(N)=O)cc(OCCCN3CCOCC3)c21. The van der Waals surface area contributed by atoms with Crippen LogP contribution >= 0.6 is 0 Å².